The quantitative estimate of drug-likeness (QED) is 0.576. The summed E-state index contributed by atoms with van der Waals surface area (Å²) in [7, 11) is 1.28. The highest BCUT2D eigenvalue weighted by atomic mass is 16.5. The molecule has 2 amide bonds. The van der Waals surface area contributed by atoms with E-state index in [1.807, 2.05) is 13.8 Å². The number of esters is 1. The SMILES string of the molecule is COC(=O)c1cccc(NC(=O)CC(=O)Nc2ccccc2OC(C)C)c1. The van der Waals surface area contributed by atoms with Crippen molar-refractivity contribution in [3.63, 3.8) is 0 Å². The van der Waals surface area contributed by atoms with Gasteiger partial charge in [-0.1, -0.05) is 18.2 Å². The van der Waals surface area contributed by atoms with Crippen molar-refractivity contribution in [2.75, 3.05) is 17.7 Å². The number of ether oxygens (including phenoxy) is 2. The second-order valence-corrected chi connectivity index (χ2v) is 6.01. The normalized spacial score (nSPS) is 10.2. The Balaban J connectivity index is 1.97. The molecule has 0 aromatic heterocycles. The number of anilines is 2. The lowest BCUT2D eigenvalue weighted by molar-refractivity contribution is -0.123. The third kappa shape index (κ3) is 6.14. The van der Waals surface area contributed by atoms with Crippen LogP contribution in [0.25, 0.3) is 0 Å². The second kappa shape index (κ2) is 9.38. The van der Waals surface area contributed by atoms with Crippen LogP contribution in [0.4, 0.5) is 11.4 Å². The van der Waals surface area contributed by atoms with Gasteiger partial charge in [0.15, 0.2) is 0 Å². The molecule has 27 heavy (non-hydrogen) atoms. The molecule has 0 fully saturated rings. The standard InChI is InChI=1S/C20H22N2O5/c1-13(2)27-17-10-5-4-9-16(17)22-19(24)12-18(23)21-15-8-6-7-14(11-15)20(25)26-3/h4-11,13H,12H2,1-3H3,(H,21,23)(H,22,24). The monoisotopic (exact) mass is 370 g/mol. The summed E-state index contributed by atoms with van der Waals surface area (Å²) >= 11 is 0. The number of carbonyl (C=O) groups excluding carboxylic acids is 3. The molecule has 142 valence electrons. The van der Waals surface area contributed by atoms with Crippen molar-refractivity contribution < 1.29 is 23.9 Å². The van der Waals surface area contributed by atoms with Crippen LogP contribution in [0.1, 0.15) is 30.6 Å². The summed E-state index contributed by atoms with van der Waals surface area (Å²) in [5, 5.41) is 5.26. The molecule has 7 heteroatoms. The summed E-state index contributed by atoms with van der Waals surface area (Å²) in [5.74, 6) is -0.953. The van der Waals surface area contributed by atoms with Crippen LogP contribution >= 0.6 is 0 Å². The lowest BCUT2D eigenvalue weighted by Gasteiger charge is -2.14. The lowest BCUT2D eigenvalue weighted by Crippen LogP contribution is -2.22. The summed E-state index contributed by atoms with van der Waals surface area (Å²) in [6, 6.07) is 13.3. The van der Waals surface area contributed by atoms with Gasteiger partial charge in [0.05, 0.1) is 24.5 Å². The van der Waals surface area contributed by atoms with E-state index in [0.717, 1.165) is 0 Å². The number of hydrogen-bond acceptors (Lipinski definition) is 5. The Morgan fingerprint density at radius 1 is 0.963 bits per heavy atom. The van der Waals surface area contributed by atoms with Crippen molar-refractivity contribution in [3.8, 4) is 5.75 Å². The molecule has 0 atom stereocenters. The van der Waals surface area contributed by atoms with Crippen LogP contribution in [0.15, 0.2) is 48.5 Å². The third-order valence-electron chi connectivity index (χ3n) is 3.41. The Bertz CT molecular complexity index is 833. The number of amides is 2. The zero-order valence-electron chi connectivity index (χ0n) is 15.4. The predicted molar refractivity (Wildman–Crippen MR) is 102 cm³/mol. The number of nitrogens with one attached hydrogen (secondary N) is 2. The van der Waals surface area contributed by atoms with E-state index in [1.165, 1.54) is 13.2 Å². The molecule has 0 aliphatic rings. The highest BCUT2D eigenvalue weighted by Crippen LogP contribution is 2.25. The minimum absolute atomic E-state index is 0.0477. The minimum atomic E-state index is -0.509. The minimum Gasteiger partial charge on any atom is -0.489 e. The topological polar surface area (TPSA) is 93.7 Å². The van der Waals surface area contributed by atoms with Crippen LogP contribution in [0, 0.1) is 0 Å². The van der Waals surface area contributed by atoms with E-state index < -0.39 is 17.8 Å². The van der Waals surface area contributed by atoms with E-state index in [2.05, 4.69) is 15.4 Å². The first-order chi connectivity index (χ1) is 12.9. The Kier molecular flexibility index (Phi) is 6.93. The number of methoxy groups -OCH3 is 1. The van der Waals surface area contributed by atoms with E-state index in [1.54, 1.807) is 42.5 Å². The second-order valence-electron chi connectivity index (χ2n) is 6.01. The van der Waals surface area contributed by atoms with E-state index >= 15 is 0 Å². The maximum atomic E-state index is 12.2. The van der Waals surface area contributed by atoms with E-state index in [-0.39, 0.29) is 12.5 Å². The number of benzene rings is 2. The summed E-state index contributed by atoms with van der Waals surface area (Å²) in [5.41, 5.74) is 1.20. The van der Waals surface area contributed by atoms with Gasteiger partial charge in [-0.05, 0) is 44.2 Å². The van der Waals surface area contributed by atoms with Crippen LogP contribution in [0.5, 0.6) is 5.75 Å². The Labute approximate surface area is 157 Å². The Morgan fingerprint density at radius 2 is 1.67 bits per heavy atom. The fourth-order valence-electron chi connectivity index (χ4n) is 2.31. The number of para-hydroxylation sites is 2. The van der Waals surface area contributed by atoms with Gasteiger partial charge in [-0.2, -0.15) is 0 Å². The molecular weight excluding hydrogens is 348 g/mol. The maximum Gasteiger partial charge on any atom is 0.337 e. The highest BCUT2D eigenvalue weighted by molar-refractivity contribution is 6.08. The zero-order chi connectivity index (χ0) is 19.8. The van der Waals surface area contributed by atoms with Gasteiger partial charge in [0.25, 0.3) is 0 Å². The van der Waals surface area contributed by atoms with E-state index in [0.29, 0.717) is 22.7 Å². The molecule has 0 aliphatic carbocycles. The van der Waals surface area contributed by atoms with Crippen molar-refractivity contribution in [2.45, 2.75) is 26.4 Å². The molecule has 0 saturated carbocycles. The van der Waals surface area contributed by atoms with Crippen LogP contribution in [0.2, 0.25) is 0 Å². The molecule has 0 radical (unpaired) electrons. The Morgan fingerprint density at radius 3 is 2.37 bits per heavy atom. The molecule has 0 unspecified atom stereocenters. The first-order valence-corrected chi connectivity index (χ1v) is 8.43. The van der Waals surface area contributed by atoms with Crippen LogP contribution < -0.4 is 15.4 Å². The Hall–Kier alpha value is -3.35. The van der Waals surface area contributed by atoms with Gasteiger partial charge in [0, 0.05) is 5.69 Å². The molecule has 0 saturated heterocycles. The molecule has 2 N–H and O–H groups in total. The fourth-order valence-corrected chi connectivity index (χ4v) is 2.31. The van der Waals surface area contributed by atoms with Gasteiger partial charge in [0.1, 0.15) is 12.2 Å². The average molecular weight is 370 g/mol. The average Bonchev–Trinajstić information content (AvgIpc) is 2.62. The van der Waals surface area contributed by atoms with Crippen molar-refractivity contribution in [3.05, 3.63) is 54.1 Å². The molecule has 2 aromatic rings. The van der Waals surface area contributed by atoms with Crippen molar-refractivity contribution >= 4 is 29.2 Å². The van der Waals surface area contributed by atoms with Gasteiger partial charge in [0.2, 0.25) is 11.8 Å². The smallest absolute Gasteiger partial charge is 0.337 e. The molecule has 0 heterocycles. The lowest BCUT2D eigenvalue weighted by atomic mass is 10.2. The first-order valence-electron chi connectivity index (χ1n) is 8.43. The van der Waals surface area contributed by atoms with E-state index in [4.69, 9.17) is 4.74 Å². The first kappa shape index (κ1) is 20.0. The maximum absolute atomic E-state index is 12.2. The summed E-state index contributed by atoms with van der Waals surface area (Å²) in [6.45, 7) is 3.77. The van der Waals surface area contributed by atoms with Crippen LogP contribution in [-0.2, 0) is 14.3 Å². The van der Waals surface area contributed by atoms with Crippen molar-refractivity contribution in [1.82, 2.24) is 0 Å². The van der Waals surface area contributed by atoms with Gasteiger partial charge < -0.3 is 20.1 Å². The summed E-state index contributed by atoms with van der Waals surface area (Å²) in [6.07, 6.45) is -0.424. The van der Waals surface area contributed by atoms with Crippen molar-refractivity contribution in [2.24, 2.45) is 0 Å². The van der Waals surface area contributed by atoms with Gasteiger partial charge in [-0.15, -0.1) is 0 Å². The molecule has 0 bridgehead atoms. The molecule has 2 aromatic carbocycles. The molecule has 0 spiro atoms. The third-order valence-corrected chi connectivity index (χ3v) is 3.41. The fraction of sp³-hybridized carbons (Fsp3) is 0.250. The van der Waals surface area contributed by atoms with Gasteiger partial charge >= 0.3 is 5.97 Å². The summed E-state index contributed by atoms with van der Waals surface area (Å²) in [4.78, 5) is 35.8. The number of hydrogen-bond donors (Lipinski definition) is 2. The van der Waals surface area contributed by atoms with Gasteiger partial charge in [-0.3, -0.25) is 9.59 Å². The number of rotatable bonds is 7. The molecule has 2 rings (SSSR count). The van der Waals surface area contributed by atoms with Gasteiger partial charge in [-0.25, -0.2) is 4.79 Å². The van der Waals surface area contributed by atoms with Crippen LogP contribution in [0.3, 0.4) is 0 Å². The molecule has 0 aliphatic heterocycles. The molecule has 7 nitrogen and oxygen atoms in total. The number of carbonyl (C=O) groups is 3. The highest BCUT2D eigenvalue weighted by Gasteiger charge is 2.14. The van der Waals surface area contributed by atoms with Crippen molar-refractivity contribution in [1.29, 1.82) is 0 Å². The predicted octanol–water partition coefficient (Wildman–Crippen LogP) is 3.23. The van der Waals surface area contributed by atoms with Crippen LogP contribution in [-0.4, -0.2) is 31.0 Å². The largest absolute Gasteiger partial charge is 0.489 e. The zero-order valence-corrected chi connectivity index (χ0v) is 15.4. The van der Waals surface area contributed by atoms with E-state index in [9.17, 15) is 14.4 Å². The summed E-state index contributed by atoms with van der Waals surface area (Å²) < 4.78 is 10.3. The molecular formula is C20H22N2O5.